The third-order valence-electron chi connectivity index (χ3n) is 5.61. The lowest BCUT2D eigenvalue weighted by molar-refractivity contribution is -0.135. The fraction of sp³-hybridized carbons (Fsp3) is 0.591. The fourth-order valence-electron chi connectivity index (χ4n) is 3.58. The summed E-state index contributed by atoms with van der Waals surface area (Å²) in [5.74, 6) is 1.26. The van der Waals surface area contributed by atoms with Crippen LogP contribution in [0.1, 0.15) is 38.2 Å². The normalized spacial score (nSPS) is 17.1. The Hall–Kier alpha value is -1.55. The summed E-state index contributed by atoms with van der Waals surface area (Å²) in [6.45, 7) is 6.34. The molecule has 1 aromatic carbocycles. The summed E-state index contributed by atoms with van der Waals surface area (Å²) >= 11 is 5.94. The molecule has 2 N–H and O–H groups in total. The standard InChI is InChI=1S/C22H32ClN5O2.HI/c1-2-24-22(26-12-4-11-25-21(30)18-5-3-6-18)28-14-13-27(20(29)16-28)15-17-7-9-19(23)10-8-17;/h7-10,18H,2-6,11-16H2,1H3,(H,24,26)(H,25,30);1H. The number of amides is 2. The molecule has 1 saturated carbocycles. The van der Waals surface area contributed by atoms with E-state index < -0.39 is 0 Å². The summed E-state index contributed by atoms with van der Waals surface area (Å²) in [6.07, 6.45) is 4.00. The molecule has 3 rings (SSSR count). The fourth-order valence-corrected chi connectivity index (χ4v) is 3.71. The summed E-state index contributed by atoms with van der Waals surface area (Å²) in [5, 5.41) is 6.98. The molecule has 9 heteroatoms. The van der Waals surface area contributed by atoms with Crippen molar-refractivity contribution in [2.45, 2.75) is 39.2 Å². The van der Waals surface area contributed by atoms with Gasteiger partial charge in [-0.3, -0.25) is 14.6 Å². The van der Waals surface area contributed by atoms with Gasteiger partial charge in [0.05, 0.1) is 6.54 Å². The van der Waals surface area contributed by atoms with Crippen LogP contribution in [0.2, 0.25) is 5.02 Å². The summed E-state index contributed by atoms with van der Waals surface area (Å²) in [7, 11) is 0. The minimum atomic E-state index is 0. The number of carbonyl (C=O) groups is 2. The molecule has 31 heavy (non-hydrogen) atoms. The number of halogens is 2. The topological polar surface area (TPSA) is 77.0 Å². The molecule has 1 heterocycles. The Balaban J connectivity index is 0.00000341. The zero-order valence-electron chi connectivity index (χ0n) is 18.1. The number of hydrogen-bond donors (Lipinski definition) is 2. The first-order valence-electron chi connectivity index (χ1n) is 10.9. The van der Waals surface area contributed by atoms with Crippen LogP contribution in [-0.2, 0) is 16.1 Å². The van der Waals surface area contributed by atoms with Crippen LogP contribution in [0.4, 0.5) is 0 Å². The van der Waals surface area contributed by atoms with Gasteiger partial charge in [0.25, 0.3) is 0 Å². The molecule has 7 nitrogen and oxygen atoms in total. The lowest BCUT2D eigenvalue weighted by atomic mass is 9.85. The highest BCUT2D eigenvalue weighted by atomic mass is 127. The zero-order valence-corrected chi connectivity index (χ0v) is 21.2. The van der Waals surface area contributed by atoms with Crippen molar-refractivity contribution in [2.24, 2.45) is 10.9 Å². The van der Waals surface area contributed by atoms with E-state index in [9.17, 15) is 9.59 Å². The van der Waals surface area contributed by atoms with E-state index in [1.54, 1.807) is 0 Å². The van der Waals surface area contributed by atoms with Crippen LogP contribution in [0.3, 0.4) is 0 Å². The van der Waals surface area contributed by atoms with Gasteiger partial charge in [0.2, 0.25) is 11.8 Å². The second-order valence-corrected chi connectivity index (χ2v) is 8.31. The number of rotatable bonds is 8. The van der Waals surface area contributed by atoms with Crippen molar-refractivity contribution in [3.05, 3.63) is 34.9 Å². The predicted octanol–water partition coefficient (Wildman–Crippen LogP) is 2.87. The minimum Gasteiger partial charge on any atom is -0.357 e. The summed E-state index contributed by atoms with van der Waals surface area (Å²) in [4.78, 5) is 33.1. The molecule has 1 aromatic rings. The van der Waals surface area contributed by atoms with Gasteiger partial charge in [0, 0.05) is 50.2 Å². The highest BCUT2D eigenvalue weighted by molar-refractivity contribution is 14.0. The monoisotopic (exact) mass is 561 g/mol. The maximum Gasteiger partial charge on any atom is 0.242 e. The third kappa shape index (κ3) is 7.82. The first kappa shape index (κ1) is 25.7. The first-order valence-corrected chi connectivity index (χ1v) is 11.3. The molecule has 0 aromatic heterocycles. The second kappa shape index (κ2) is 13.1. The Bertz CT molecular complexity index is 755. The Morgan fingerprint density at radius 3 is 2.55 bits per heavy atom. The van der Waals surface area contributed by atoms with Gasteiger partial charge in [0.15, 0.2) is 5.96 Å². The van der Waals surface area contributed by atoms with Crippen molar-refractivity contribution in [3.8, 4) is 0 Å². The summed E-state index contributed by atoms with van der Waals surface area (Å²) < 4.78 is 0. The van der Waals surface area contributed by atoms with E-state index in [4.69, 9.17) is 11.6 Å². The van der Waals surface area contributed by atoms with Crippen molar-refractivity contribution in [2.75, 3.05) is 39.3 Å². The molecule has 172 valence electrons. The maximum absolute atomic E-state index is 12.7. The minimum absolute atomic E-state index is 0. The van der Waals surface area contributed by atoms with Crippen LogP contribution >= 0.6 is 35.6 Å². The molecule has 1 aliphatic carbocycles. The van der Waals surface area contributed by atoms with Gasteiger partial charge >= 0.3 is 0 Å². The number of benzene rings is 1. The van der Waals surface area contributed by atoms with Crippen molar-refractivity contribution in [1.82, 2.24) is 20.4 Å². The highest BCUT2D eigenvalue weighted by Crippen LogP contribution is 2.26. The average molecular weight is 562 g/mol. The molecule has 1 aliphatic heterocycles. The zero-order chi connectivity index (χ0) is 21.3. The largest absolute Gasteiger partial charge is 0.357 e. The van der Waals surface area contributed by atoms with Crippen LogP contribution < -0.4 is 10.6 Å². The van der Waals surface area contributed by atoms with Crippen LogP contribution in [0, 0.1) is 5.92 Å². The third-order valence-corrected chi connectivity index (χ3v) is 5.86. The quantitative estimate of drug-likeness (QED) is 0.222. The maximum atomic E-state index is 12.7. The van der Waals surface area contributed by atoms with Crippen LogP contribution in [0.5, 0.6) is 0 Å². The number of piperazine rings is 1. The van der Waals surface area contributed by atoms with Crippen molar-refractivity contribution >= 4 is 53.4 Å². The Kier molecular flexibility index (Phi) is 10.9. The Labute approximate surface area is 207 Å². The number of aliphatic imine (C=N–C) groups is 1. The van der Waals surface area contributed by atoms with E-state index in [1.807, 2.05) is 41.0 Å². The molecule has 0 unspecified atom stereocenters. The predicted molar refractivity (Wildman–Crippen MR) is 135 cm³/mol. The van der Waals surface area contributed by atoms with Crippen molar-refractivity contribution < 1.29 is 9.59 Å². The van der Waals surface area contributed by atoms with E-state index in [1.165, 1.54) is 6.42 Å². The molecule has 0 atom stereocenters. The van der Waals surface area contributed by atoms with E-state index in [2.05, 4.69) is 15.6 Å². The highest BCUT2D eigenvalue weighted by Gasteiger charge is 2.26. The van der Waals surface area contributed by atoms with Gasteiger partial charge in [-0.2, -0.15) is 0 Å². The van der Waals surface area contributed by atoms with Crippen LogP contribution in [0.25, 0.3) is 0 Å². The Morgan fingerprint density at radius 1 is 1.19 bits per heavy atom. The van der Waals surface area contributed by atoms with Crippen LogP contribution in [-0.4, -0.2) is 66.8 Å². The van der Waals surface area contributed by atoms with Gasteiger partial charge < -0.3 is 20.4 Å². The average Bonchev–Trinajstić information content (AvgIpc) is 2.69. The van der Waals surface area contributed by atoms with E-state index in [-0.39, 0.29) is 41.7 Å². The van der Waals surface area contributed by atoms with E-state index in [0.717, 1.165) is 43.9 Å². The van der Waals surface area contributed by atoms with Gasteiger partial charge in [0.1, 0.15) is 0 Å². The smallest absolute Gasteiger partial charge is 0.242 e. The first-order chi connectivity index (χ1) is 14.6. The van der Waals surface area contributed by atoms with Gasteiger partial charge in [-0.1, -0.05) is 30.2 Å². The van der Waals surface area contributed by atoms with Gasteiger partial charge in [-0.25, -0.2) is 0 Å². The molecule has 0 spiro atoms. The molecule has 1 saturated heterocycles. The van der Waals surface area contributed by atoms with Crippen molar-refractivity contribution in [1.29, 1.82) is 0 Å². The molecule has 2 fully saturated rings. The lowest BCUT2D eigenvalue weighted by Gasteiger charge is -2.36. The van der Waals surface area contributed by atoms with Crippen LogP contribution in [0.15, 0.2) is 29.3 Å². The SMILES string of the molecule is CCNC(=NCCCNC(=O)C1CCC1)N1CCN(Cc2ccc(Cl)cc2)C(=O)C1.I. The molecular weight excluding hydrogens is 529 g/mol. The Morgan fingerprint density at radius 2 is 1.94 bits per heavy atom. The summed E-state index contributed by atoms with van der Waals surface area (Å²) in [5.41, 5.74) is 1.07. The molecule has 2 amide bonds. The number of hydrogen-bond acceptors (Lipinski definition) is 3. The number of nitrogens with one attached hydrogen (secondary N) is 2. The van der Waals surface area contributed by atoms with Crippen molar-refractivity contribution in [3.63, 3.8) is 0 Å². The van der Waals surface area contributed by atoms with E-state index in [0.29, 0.717) is 37.7 Å². The summed E-state index contributed by atoms with van der Waals surface area (Å²) in [6, 6.07) is 7.61. The van der Waals surface area contributed by atoms with Gasteiger partial charge in [-0.05, 0) is 43.9 Å². The molecule has 0 radical (unpaired) electrons. The van der Waals surface area contributed by atoms with Gasteiger partial charge in [-0.15, -0.1) is 24.0 Å². The molecule has 2 aliphatic rings. The number of nitrogens with zero attached hydrogens (tertiary/aromatic N) is 3. The van der Waals surface area contributed by atoms with E-state index >= 15 is 0 Å². The second-order valence-electron chi connectivity index (χ2n) is 7.87. The number of carbonyl (C=O) groups excluding carboxylic acids is 2. The molecule has 0 bridgehead atoms. The number of guanidine groups is 1. The molecular formula is C22H33ClIN5O2. The lowest BCUT2D eigenvalue weighted by Crippen LogP contribution is -2.55.